The van der Waals surface area contributed by atoms with Crippen molar-refractivity contribution in [1.29, 1.82) is 0 Å². The third kappa shape index (κ3) is 3.17. The van der Waals surface area contributed by atoms with E-state index in [0.717, 1.165) is 22.6 Å². The number of aromatic hydroxyl groups is 1. The van der Waals surface area contributed by atoms with Crippen molar-refractivity contribution in [2.75, 3.05) is 11.0 Å². The summed E-state index contributed by atoms with van der Waals surface area (Å²) in [6.07, 6.45) is 0.981. The average molecular weight is 336 g/mol. The summed E-state index contributed by atoms with van der Waals surface area (Å²) in [6.45, 7) is 1.82. The number of aryl methyl sites for hydroxylation is 1. The van der Waals surface area contributed by atoms with Gasteiger partial charge in [0.05, 0.1) is 16.3 Å². The Bertz CT molecular complexity index is 748. The maximum Gasteiger partial charge on any atom is 0.231 e. The Hall–Kier alpha value is -1.44. The molecule has 0 atom stereocenters. The quantitative estimate of drug-likeness (QED) is 0.902. The lowest BCUT2D eigenvalue weighted by molar-refractivity contribution is 0.433. The number of rotatable bonds is 3. The molecule has 1 heterocycles. The third-order valence-corrected chi connectivity index (χ3v) is 3.51. The Morgan fingerprint density at radius 3 is 2.30 bits per heavy atom. The second kappa shape index (κ2) is 5.16. The van der Waals surface area contributed by atoms with Crippen molar-refractivity contribution in [3.05, 3.63) is 33.8 Å². The highest BCUT2D eigenvalue weighted by Gasteiger charge is 2.16. The standard InChI is InChI=1S/C11H11Cl2N3O3S/c1-6-3-7(12)11(8(13)4-6)16-10(17)5-9(14-16)15-20(2,18)19/h3-5,17H,1-2H3,(H,14,15). The van der Waals surface area contributed by atoms with Gasteiger partial charge in [0.15, 0.2) is 5.82 Å². The molecule has 1 aromatic heterocycles. The second-order valence-corrected chi connectivity index (χ2v) is 6.81. The Labute approximate surface area is 126 Å². The molecule has 20 heavy (non-hydrogen) atoms. The van der Waals surface area contributed by atoms with Gasteiger partial charge in [-0.1, -0.05) is 23.2 Å². The van der Waals surface area contributed by atoms with Crippen LogP contribution in [0.2, 0.25) is 10.0 Å². The van der Waals surface area contributed by atoms with E-state index in [0.29, 0.717) is 10.0 Å². The summed E-state index contributed by atoms with van der Waals surface area (Å²) in [7, 11) is -3.49. The normalized spacial score (nSPS) is 11.6. The van der Waals surface area contributed by atoms with Crippen LogP contribution in [-0.2, 0) is 10.0 Å². The topological polar surface area (TPSA) is 84.2 Å². The molecule has 0 aliphatic rings. The van der Waals surface area contributed by atoms with Crippen molar-refractivity contribution in [3.63, 3.8) is 0 Å². The first-order valence-electron chi connectivity index (χ1n) is 5.40. The number of nitrogens with one attached hydrogen (secondary N) is 1. The molecule has 0 saturated heterocycles. The lowest BCUT2D eigenvalue weighted by Crippen LogP contribution is -2.10. The lowest BCUT2D eigenvalue weighted by Gasteiger charge is -2.09. The SMILES string of the molecule is Cc1cc(Cl)c(-n2nc(NS(C)(=O)=O)cc2O)c(Cl)c1. The van der Waals surface area contributed by atoms with Crippen LogP contribution >= 0.6 is 23.2 Å². The number of sulfonamides is 1. The van der Waals surface area contributed by atoms with Crippen LogP contribution < -0.4 is 4.72 Å². The smallest absolute Gasteiger partial charge is 0.231 e. The van der Waals surface area contributed by atoms with Crippen LogP contribution in [0.4, 0.5) is 5.82 Å². The van der Waals surface area contributed by atoms with E-state index in [1.54, 1.807) is 12.1 Å². The van der Waals surface area contributed by atoms with E-state index in [9.17, 15) is 13.5 Å². The number of aromatic nitrogens is 2. The summed E-state index contributed by atoms with van der Waals surface area (Å²) in [6, 6.07) is 4.48. The van der Waals surface area contributed by atoms with E-state index in [1.165, 1.54) is 0 Å². The molecule has 0 spiro atoms. The molecule has 0 aliphatic heterocycles. The van der Waals surface area contributed by atoms with Gasteiger partial charge in [-0.25, -0.2) is 8.42 Å². The van der Waals surface area contributed by atoms with Gasteiger partial charge in [0, 0.05) is 6.07 Å². The van der Waals surface area contributed by atoms with Gasteiger partial charge in [0.25, 0.3) is 0 Å². The van der Waals surface area contributed by atoms with Gasteiger partial charge >= 0.3 is 0 Å². The van der Waals surface area contributed by atoms with Crippen LogP contribution in [0.25, 0.3) is 5.69 Å². The van der Waals surface area contributed by atoms with Crippen molar-refractivity contribution in [3.8, 4) is 11.6 Å². The zero-order valence-corrected chi connectivity index (χ0v) is 12.9. The number of halogens is 2. The van der Waals surface area contributed by atoms with Crippen molar-refractivity contribution in [2.24, 2.45) is 0 Å². The highest BCUT2D eigenvalue weighted by atomic mass is 35.5. The minimum Gasteiger partial charge on any atom is -0.493 e. The molecule has 2 aromatic rings. The van der Waals surface area contributed by atoms with E-state index in [-0.39, 0.29) is 17.4 Å². The predicted octanol–water partition coefficient (Wildman–Crippen LogP) is 2.56. The summed E-state index contributed by atoms with van der Waals surface area (Å²) in [5.41, 5.74) is 1.13. The van der Waals surface area contributed by atoms with Crippen LogP contribution in [-0.4, -0.2) is 29.6 Å². The second-order valence-electron chi connectivity index (χ2n) is 4.25. The van der Waals surface area contributed by atoms with Crippen molar-refractivity contribution in [2.45, 2.75) is 6.92 Å². The van der Waals surface area contributed by atoms with Gasteiger partial charge in [0.2, 0.25) is 15.9 Å². The predicted molar refractivity (Wildman–Crippen MR) is 78.5 cm³/mol. The molecular formula is C11H11Cl2N3O3S. The first kappa shape index (κ1) is 15.0. The third-order valence-electron chi connectivity index (χ3n) is 2.35. The van der Waals surface area contributed by atoms with Crippen molar-refractivity contribution < 1.29 is 13.5 Å². The first-order valence-corrected chi connectivity index (χ1v) is 8.05. The molecule has 108 valence electrons. The zero-order valence-electron chi connectivity index (χ0n) is 10.6. The molecule has 0 fully saturated rings. The van der Waals surface area contributed by atoms with E-state index < -0.39 is 10.0 Å². The van der Waals surface area contributed by atoms with E-state index in [2.05, 4.69) is 9.82 Å². The Morgan fingerprint density at radius 2 is 1.80 bits per heavy atom. The Kier molecular flexibility index (Phi) is 3.86. The maximum absolute atomic E-state index is 11.1. The number of nitrogens with zero attached hydrogens (tertiary/aromatic N) is 2. The average Bonchev–Trinajstić information content (AvgIpc) is 2.55. The molecule has 2 rings (SSSR count). The molecule has 1 aromatic carbocycles. The number of hydrogen-bond acceptors (Lipinski definition) is 4. The van der Waals surface area contributed by atoms with Gasteiger partial charge < -0.3 is 5.11 Å². The van der Waals surface area contributed by atoms with E-state index in [4.69, 9.17) is 23.2 Å². The van der Waals surface area contributed by atoms with Crippen LogP contribution in [0.15, 0.2) is 18.2 Å². The van der Waals surface area contributed by atoms with Gasteiger partial charge in [0.1, 0.15) is 5.69 Å². The molecule has 2 N–H and O–H groups in total. The Balaban J connectivity index is 2.55. The fourth-order valence-electron chi connectivity index (χ4n) is 1.67. The zero-order chi connectivity index (χ0) is 15.1. The molecule has 0 amide bonds. The minimum atomic E-state index is -3.49. The fourth-order valence-corrected chi connectivity index (χ4v) is 2.91. The summed E-state index contributed by atoms with van der Waals surface area (Å²) < 4.78 is 25.5. The molecule has 0 radical (unpaired) electrons. The molecular weight excluding hydrogens is 325 g/mol. The highest BCUT2D eigenvalue weighted by Crippen LogP contribution is 2.33. The van der Waals surface area contributed by atoms with E-state index in [1.807, 2.05) is 6.92 Å². The summed E-state index contributed by atoms with van der Waals surface area (Å²) >= 11 is 12.2. The van der Waals surface area contributed by atoms with Crippen LogP contribution in [0.1, 0.15) is 5.56 Å². The van der Waals surface area contributed by atoms with Crippen LogP contribution in [0, 0.1) is 6.92 Å². The molecule has 9 heteroatoms. The summed E-state index contributed by atoms with van der Waals surface area (Å²) in [5, 5.41) is 14.4. The maximum atomic E-state index is 11.1. The van der Waals surface area contributed by atoms with Crippen LogP contribution in [0.5, 0.6) is 5.88 Å². The molecule has 6 nitrogen and oxygen atoms in total. The highest BCUT2D eigenvalue weighted by molar-refractivity contribution is 7.92. The first-order chi connectivity index (χ1) is 9.17. The number of anilines is 1. The molecule has 0 bridgehead atoms. The van der Waals surface area contributed by atoms with Crippen molar-refractivity contribution in [1.82, 2.24) is 9.78 Å². The van der Waals surface area contributed by atoms with Gasteiger partial charge in [-0.05, 0) is 24.6 Å². The minimum absolute atomic E-state index is 0.0299. The number of hydrogen-bond donors (Lipinski definition) is 2. The number of benzene rings is 1. The van der Waals surface area contributed by atoms with Gasteiger partial charge in [-0.15, -0.1) is 5.10 Å². The summed E-state index contributed by atoms with van der Waals surface area (Å²) in [5.74, 6) is -0.318. The molecule has 0 saturated carbocycles. The van der Waals surface area contributed by atoms with E-state index >= 15 is 0 Å². The molecule has 0 unspecified atom stereocenters. The fraction of sp³-hybridized carbons (Fsp3) is 0.182. The lowest BCUT2D eigenvalue weighted by atomic mass is 10.2. The molecule has 0 aliphatic carbocycles. The Morgan fingerprint density at radius 1 is 1.25 bits per heavy atom. The van der Waals surface area contributed by atoms with Crippen molar-refractivity contribution >= 4 is 39.0 Å². The van der Waals surface area contributed by atoms with Gasteiger partial charge in [-0.2, -0.15) is 4.68 Å². The van der Waals surface area contributed by atoms with Gasteiger partial charge in [-0.3, -0.25) is 4.72 Å². The monoisotopic (exact) mass is 335 g/mol. The van der Waals surface area contributed by atoms with Crippen LogP contribution in [0.3, 0.4) is 0 Å². The largest absolute Gasteiger partial charge is 0.493 e. The summed E-state index contributed by atoms with van der Waals surface area (Å²) in [4.78, 5) is 0.